The molecule has 0 saturated heterocycles. The number of rotatable bonds is 3. The lowest BCUT2D eigenvalue weighted by atomic mass is 10.1. The molecule has 0 bridgehead atoms. The number of hydrogen-bond acceptors (Lipinski definition) is 2. The van der Waals surface area contributed by atoms with Gasteiger partial charge in [-0.15, -0.1) is 0 Å². The molecule has 0 aliphatic heterocycles. The van der Waals surface area contributed by atoms with Gasteiger partial charge in [-0.1, -0.05) is 27.5 Å². The maximum Gasteiger partial charge on any atom is 0.281 e. The lowest BCUT2D eigenvalue weighted by Gasteiger charge is -2.08. The molecule has 6 heteroatoms. The number of alkyl halides is 3. The van der Waals surface area contributed by atoms with E-state index in [4.69, 9.17) is 11.6 Å². The zero-order valence-corrected chi connectivity index (χ0v) is 9.15. The summed E-state index contributed by atoms with van der Waals surface area (Å²) in [7, 11) is 0. The van der Waals surface area contributed by atoms with Crippen LogP contribution < -0.4 is 0 Å². The molecule has 1 heterocycles. The van der Waals surface area contributed by atoms with Gasteiger partial charge in [-0.05, 0) is 5.56 Å². The Labute approximate surface area is 92.4 Å². The molecule has 14 heavy (non-hydrogen) atoms. The van der Waals surface area contributed by atoms with Crippen LogP contribution in [0.4, 0.5) is 8.78 Å². The van der Waals surface area contributed by atoms with E-state index in [1.54, 1.807) is 0 Å². The highest BCUT2D eigenvalue weighted by atomic mass is 79.9. The summed E-state index contributed by atoms with van der Waals surface area (Å²) in [6.07, 6.45) is -1.31. The van der Waals surface area contributed by atoms with Gasteiger partial charge in [0, 0.05) is 17.1 Å². The molecule has 0 amide bonds. The highest BCUT2D eigenvalue weighted by Gasteiger charge is 2.19. The second kappa shape index (κ2) is 4.79. The number of pyridine rings is 1. The van der Waals surface area contributed by atoms with E-state index < -0.39 is 12.1 Å². The molecule has 0 unspecified atom stereocenters. The van der Waals surface area contributed by atoms with Crippen LogP contribution in [0.5, 0.6) is 0 Å². The number of nitrogens with zero attached hydrogens (tertiary/aromatic N) is 1. The summed E-state index contributed by atoms with van der Waals surface area (Å²) < 4.78 is 24.8. The van der Waals surface area contributed by atoms with Crippen LogP contribution in [0.2, 0.25) is 5.02 Å². The summed E-state index contributed by atoms with van der Waals surface area (Å²) in [4.78, 5) is 14.0. The topological polar surface area (TPSA) is 30.0 Å². The van der Waals surface area contributed by atoms with Crippen LogP contribution in [-0.2, 0) is 5.33 Å². The zero-order chi connectivity index (χ0) is 10.7. The van der Waals surface area contributed by atoms with Gasteiger partial charge in [0.05, 0.1) is 5.02 Å². The minimum Gasteiger partial charge on any atom is -0.298 e. The summed E-state index contributed by atoms with van der Waals surface area (Å²) in [5, 5.41) is 0.440. The molecule has 1 aromatic rings. The molecular weight excluding hydrogens is 279 g/mol. The van der Waals surface area contributed by atoms with E-state index in [0.717, 1.165) is 6.20 Å². The third-order valence-corrected chi connectivity index (χ3v) is 2.55. The largest absolute Gasteiger partial charge is 0.298 e. The first-order valence-electron chi connectivity index (χ1n) is 3.58. The molecular formula is C8H5BrClF2NO. The molecule has 2 nitrogen and oxygen atoms in total. The Kier molecular flexibility index (Phi) is 3.95. The molecule has 0 aliphatic carbocycles. The van der Waals surface area contributed by atoms with Crippen LogP contribution in [0, 0.1) is 0 Å². The average molecular weight is 284 g/mol. The standard InChI is InChI=1S/C8H5BrClF2NO/c9-1-4-5(3-14)7(8(11)12)13-2-6(4)10/h2-3,8H,1H2. The second-order valence-corrected chi connectivity index (χ2v) is 3.40. The Morgan fingerprint density at radius 2 is 2.29 bits per heavy atom. The van der Waals surface area contributed by atoms with Gasteiger partial charge in [-0.25, -0.2) is 8.78 Å². The third-order valence-electron chi connectivity index (χ3n) is 1.66. The summed E-state index contributed by atoms with van der Waals surface area (Å²) in [5.41, 5.74) is -0.324. The minimum absolute atomic E-state index is 0.135. The first kappa shape index (κ1) is 11.5. The number of aromatic nitrogens is 1. The normalized spacial score (nSPS) is 10.6. The lowest BCUT2D eigenvalue weighted by molar-refractivity contribution is 0.110. The molecule has 0 fully saturated rings. The Balaban J connectivity index is 3.40. The van der Waals surface area contributed by atoms with E-state index in [1.807, 2.05) is 0 Å². The molecule has 0 saturated carbocycles. The fraction of sp³-hybridized carbons (Fsp3) is 0.250. The predicted octanol–water partition coefficient (Wildman–Crippen LogP) is 3.38. The number of hydrogen-bond donors (Lipinski definition) is 0. The summed E-state index contributed by atoms with van der Waals surface area (Å²) >= 11 is 8.76. The quantitative estimate of drug-likeness (QED) is 0.629. The molecule has 0 atom stereocenters. The van der Waals surface area contributed by atoms with Gasteiger partial charge in [0.15, 0.2) is 6.29 Å². The number of halogens is 4. The maximum atomic E-state index is 12.4. The SMILES string of the molecule is O=Cc1c(C(F)F)ncc(Cl)c1CBr. The van der Waals surface area contributed by atoms with Gasteiger partial charge in [0.2, 0.25) is 0 Å². The third kappa shape index (κ3) is 2.09. The van der Waals surface area contributed by atoms with Gasteiger partial charge in [0.25, 0.3) is 6.43 Å². The van der Waals surface area contributed by atoms with E-state index in [2.05, 4.69) is 20.9 Å². The van der Waals surface area contributed by atoms with E-state index in [9.17, 15) is 13.6 Å². The first-order valence-corrected chi connectivity index (χ1v) is 5.08. The smallest absolute Gasteiger partial charge is 0.281 e. The van der Waals surface area contributed by atoms with Crippen molar-refractivity contribution in [2.24, 2.45) is 0 Å². The summed E-state index contributed by atoms with van der Waals surface area (Å²) in [6, 6.07) is 0. The molecule has 1 rings (SSSR count). The van der Waals surface area contributed by atoms with Crippen molar-refractivity contribution < 1.29 is 13.6 Å². The fourth-order valence-corrected chi connectivity index (χ4v) is 1.98. The lowest BCUT2D eigenvalue weighted by Crippen LogP contribution is -2.02. The number of carbonyl (C=O) groups is 1. The van der Waals surface area contributed by atoms with Crippen LogP contribution in [-0.4, -0.2) is 11.3 Å². The minimum atomic E-state index is -2.77. The molecule has 0 aromatic carbocycles. The van der Waals surface area contributed by atoms with Crippen molar-refractivity contribution in [3.63, 3.8) is 0 Å². The van der Waals surface area contributed by atoms with Crippen molar-refractivity contribution >= 4 is 33.8 Å². The Bertz CT molecular complexity index is 359. The van der Waals surface area contributed by atoms with Gasteiger partial charge in [-0.3, -0.25) is 9.78 Å². The van der Waals surface area contributed by atoms with Crippen LogP contribution in [0.15, 0.2) is 6.20 Å². The van der Waals surface area contributed by atoms with Crippen molar-refractivity contribution in [3.8, 4) is 0 Å². The van der Waals surface area contributed by atoms with Crippen molar-refractivity contribution in [2.75, 3.05) is 0 Å². The molecule has 0 spiro atoms. The highest BCUT2D eigenvalue weighted by Crippen LogP contribution is 2.28. The van der Waals surface area contributed by atoms with Crippen LogP contribution in [0.1, 0.15) is 28.0 Å². The van der Waals surface area contributed by atoms with E-state index in [-0.39, 0.29) is 15.9 Å². The van der Waals surface area contributed by atoms with Crippen molar-refractivity contribution in [1.82, 2.24) is 4.98 Å². The molecule has 0 N–H and O–H groups in total. The van der Waals surface area contributed by atoms with Crippen molar-refractivity contribution in [1.29, 1.82) is 0 Å². The zero-order valence-electron chi connectivity index (χ0n) is 6.81. The second-order valence-electron chi connectivity index (χ2n) is 2.44. The first-order chi connectivity index (χ1) is 6.61. The van der Waals surface area contributed by atoms with Gasteiger partial charge < -0.3 is 0 Å². The Hall–Kier alpha value is -0.550. The van der Waals surface area contributed by atoms with Gasteiger partial charge in [-0.2, -0.15) is 0 Å². The Morgan fingerprint density at radius 1 is 1.64 bits per heavy atom. The Morgan fingerprint density at radius 3 is 2.71 bits per heavy atom. The van der Waals surface area contributed by atoms with Gasteiger partial charge in [0.1, 0.15) is 5.69 Å². The number of carbonyl (C=O) groups excluding carboxylic acids is 1. The molecule has 0 aliphatic rings. The molecule has 1 aromatic heterocycles. The summed E-state index contributed by atoms with van der Waals surface area (Å²) in [6.45, 7) is 0. The van der Waals surface area contributed by atoms with Crippen LogP contribution in [0.3, 0.4) is 0 Å². The van der Waals surface area contributed by atoms with Gasteiger partial charge >= 0.3 is 0 Å². The highest BCUT2D eigenvalue weighted by molar-refractivity contribution is 9.08. The average Bonchev–Trinajstić information content (AvgIpc) is 2.16. The maximum absolute atomic E-state index is 12.4. The van der Waals surface area contributed by atoms with Crippen molar-refractivity contribution in [3.05, 3.63) is 28.0 Å². The predicted molar refractivity (Wildman–Crippen MR) is 52.2 cm³/mol. The van der Waals surface area contributed by atoms with E-state index in [1.165, 1.54) is 0 Å². The van der Waals surface area contributed by atoms with Crippen LogP contribution in [0.25, 0.3) is 0 Å². The van der Waals surface area contributed by atoms with Crippen LogP contribution >= 0.6 is 27.5 Å². The monoisotopic (exact) mass is 283 g/mol. The van der Waals surface area contributed by atoms with Crippen molar-refractivity contribution in [2.45, 2.75) is 11.8 Å². The number of aldehydes is 1. The molecule has 76 valence electrons. The molecule has 0 radical (unpaired) electrons. The van der Waals surface area contributed by atoms with E-state index in [0.29, 0.717) is 11.8 Å². The summed E-state index contributed by atoms with van der Waals surface area (Å²) in [5.74, 6) is 0. The fourth-order valence-electron chi connectivity index (χ4n) is 0.998. The van der Waals surface area contributed by atoms with E-state index >= 15 is 0 Å².